The molecule has 0 spiro atoms. The number of aromatic nitrogens is 1. The van der Waals surface area contributed by atoms with Gasteiger partial charge in [-0.2, -0.15) is 8.42 Å². The molecule has 2 aromatic heterocycles. The van der Waals surface area contributed by atoms with Crippen molar-refractivity contribution in [1.29, 1.82) is 0 Å². The second-order valence-electron chi connectivity index (χ2n) is 3.72. The van der Waals surface area contributed by atoms with Crippen LogP contribution in [-0.2, 0) is 10.0 Å². The fourth-order valence-electron chi connectivity index (χ4n) is 1.35. The Hall–Kier alpha value is -2.35. The van der Waals surface area contributed by atoms with Crippen LogP contribution in [0.4, 0.5) is 5.69 Å². The van der Waals surface area contributed by atoms with Crippen molar-refractivity contribution in [1.82, 2.24) is 4.98 Å². The number of carboxylic acids is 1. The zero-order valence-corrected chi connectivity index (χ0v) is 10.6. The SMILES string of the molecule is Cc1ccncc1NS(=O)(=O)c1ccc(C(=O)O)o1. The summed E-state index contributed by atoms with van der Waals surface area (Å²) in [5, 5.41) is 8.21. The summed E-state index contributed by atoms with van der Waals surface area (Å²) in [4.78, 5) is 14.4. The van der Waals surface area contributed by atoms with Crippen molar-refractivity contribution in [2.45, 2.75) is 12.0 Å². The van der Waals surface area contributed by atoms with Gasteiger partial charge in [-0.1, -0.05) is 0 Å². The Kier molecular flexibility index (Phi) is 3.26. The molecule has 0 bridgehead atoms. The van der Waals surface area contributed by atoms with E-state index in [2.05, 4.69) is 9.71 Å². The van der Waals surface area contributed by atoms with Crippen molar-refractivity contribution in [2.24, 2.45) is 0 Å². The third-order valence-electron chi connectivity index (χ3n) is 2.34. The van der Waals surface area contributed by atoms with Gasteiger partial charge in [0.25, 0.3) is 10.0 Å². The number of nitrogens with one attached hydrogen (secondary N) is 1. The summed E-state index contributed by atoms with van der Waals surface area (Å²) in [6.45, 7) is 1.71. The minimum Gasteiger partial charge on any atom is -0.475 e. The Morgan fingerprint density at radius 2 is 2.11 bits per heavy atom. The van der Waals surface area contributed by atoms with Crippen LogP contribution in [0.3, 0.4) is 0 Å². The normalized spacial score (nSPS) is 11.2. The van der Waals surface area contributed by atoms with Crippen LogP contribution in [0.25, 0.3) is 0 Å². The van der Waals surface area contributed by atoms with E-state index in [1.807, 2.05) is 0 Å². The number of carboxylic acid groups (broad SMARTS) is 1. The lowest BCUT2D eigenvalue weighted by atomic mass is 10.3. The van der Waals surface area contributed by atoms with Crippen LogP contribution in [-0.4, -0.2) is 24.5 Å². The van der Waals surface area contributed by atoms with Crippen molar-refractivity contribution >= 4 is 21.7 Å². The van der Waals surface area contributed by atoms with E-state index in [0.29, 0.717) is 11.3 Å². The van der Waals surface area contributed by atoms with Gasteiger partial charge in [0, 0.05) is 6.20 Å². The summed E-state index contributed by atoms with van der Waals surface area (Å²) in [5.74, 6) is -1.78. The molecule has 0 saturated heterocycles. The molecule has 19 heavy (non-hydrogen) atoms. The molecule has 0 aliphatic heterocycles. The summed E-state index contributed by atoms with van der Waals surface area (Å²) in [6, 6.07) is 3.80. The molecule has 0 aliphatic rings. The predicted molar refractivity (Wildman–Crippen MR) is 65.4 cm³/mol. The van der Waals surface area contributed by atoms with Gasteiger partial charge in [-0.05, 0) is 30.7 Å². The van der Waals surface area contributed by atoms with E-state index < -0.39 is 26.8 Å². The topological polar surface area (TPSA) is 110 Å². The first-order valence-electron chi connectivity index (χ1n) is 5.17. The third kappa shape index (κ3) is 2.74. The molecule has 0 aliphatic carbocycles. The minimum absolute atomic E-state index is 0.302. The molecule has 0 aromatic carbocycles. The van der Waals surface area contributed by atoms with Gasteiger partial charge in [-0.3, -0.25) is 9.71 Å². The molecule has 2 rings (SSSR count). The second-order valence-corrected chi connectivity index (χ2v) is 5.33. The quantitative estimate of drug-likeness (QED) is 0.879. The monoisotopic (exact) mass is 282 g/mol. The van der Waals surface area contributed by atoms with Crippen LogP contribution in [0.1, 0.15) is 16.1 Å². The summed E-state index contributed by atoms with van der Waals surface area (Å²) in [5.41, 5.74) is 0.986. The molecule has 0 fully saturated rings. The highest BCUT2D eigenvalue weighted by atomic mass is 32.2. The van der Waals surface area contributed by atoms with E-state index in [0.717, 1.165) is 12.1 Å². The lowest BCUT2D eigenvalue weighted by Gasteiger charge is -2.07. The maximum absolute atomic E-state index is 12.0. The lowest BCUT2D eigenvalue weighted by Crippen LogP contribution is -2.13. The smallest absolute Gasteiger partial charge is 0.371 e. The number of hydrogen-bond acceptors (Lipinski definition) is 5. The van der Waals surface area contributed by atoms with Gasteiger partial charge < -0.3 is 9.52 Å². The van der Waals surface area contributed by atoms with E-state index in [1.54, 1.807) is 13.0 Å². The Bertz CT molecular complexity index is 720. The molecule has 2 aromatic rings. The van der Waals surface area contributed by atoms with Crippen LogP contribution >= 0.6 is 0 Å². The van der Waals surface area contributed by atoms with Crippen molar-refractivity contribution in [3.63, 3.8) is 0 Å². The van der Waals surface area contributed by atoms with Gasteiger partial charge >= 0.3 is 5.97 Å². The van der Waals surface area contributed by atoms with Crippen LogP contribution in [0, 0.1) is 6.92 Å². The zero-order valence-electron chi connectivity index (χ0n) is 9.82. The first kappa shape index (κ1) is 13.1. The van der Waals surface area contributed by atoms with Crippen molar-refractivity contribution < 1.29 is 22.7 Å². The van der Waals surface area contributed by atoms with Crippen molar-refractivity contribution in [3.05, 3.63) is 41.9 Å². The fourth-order valence-corrected chi connectivity index (χ4v) is 2.40. The van der Waals surface area contributed by atoms with Gasteiger partial charge in [-0.15, -0.1) is 0 Å². The largest absolute Gasteiger partial charge is 0.475 e. The number of aryl methyl sites for hydroxylation is 1. The van der Waals surface area contributed by atoms with E-state index >= 15 is 0 Å². The number of rotatable bonds is 4. The molecule has 0 atom stereocenters. The number of aromatic carboxylic acids is 1. The third-order valence-corrected chi connectivity index (χ3v) is 3.58. The molecular weight excluding hydrogens is 272 g/mol. The number of hydrogen-bond donors (Lipinski definition) is 2. The maximum Gasteiger partial charge on any atom is 0.371 e. The van der Waals surface area contributed by atoms with Crippen LogP contribution in [0.2, 0.25) is 0 Å². The standard InChI is InChI=1S/C11H10N2O5S/c1-7-4-5-12-6-8(7)13-19(16,17)10-3-2-9(18-10)11(14)15/h2-6,13H,1H3,(H,14,15). The molecule has 0 unspecified atom stereocenters. The highest BCUT2D eigenvalue weighted by Crippen LogP contribution is 2.20. The van der Waals surface area contributed by atoms with E-state index in [1.165, 1.54) is 12.4 Å². The second kappa shape index (κ2) is 4.73. The van der Waals surface area contributed by atoms with Crippen molar-refractivity contribution in [3.8, 4) is 0 Å². The number of furan rings is 1. The average molecular weight is 282 g/mol. The zero-order chi connectivity index (χ0) is 14.0. The van der Waals surface area contributed by atoms with Crippen LogP contribution in [0.15, 0.2) is 40.1 Å². The Balaban J connectivity index is 2.32. The van der Waals surface area contributed by atoms with Gasteiger partial charge in [0.2, 0.25) is 10.9 Å². The van der Waals surface area contributed by atoms with Gasteiger partial charge in [0.05, 0.1) is 11.9 Å². The predicted octanol–water partition coefficient (Wildman–Crippen LogP) is 1.48. The summed E-state index contributed by atoms with van der Waals surface area (Å²) < 4.78 is 31.0. The van der Waals surface area contributed by atoms with E-state index in [9.17, 15) is 13.2 Å². The van der Waals surface area contributed by atoms with Crippen LogP contribution < -0.4 is 4.72 Å². The number of sulfonamides is 1. The molecule has 0 saturated carbocycles. The molecule has 0 radical (unpaired) electrons. The highest BCUT2D eigenvalue weighted by molar-refractivity contribution is 7.92. The molecule has 0 amide bonds. The molecular formula is C11H10N2O5S. The number of carbonyl (C=O) groups is 1. The lowest BCUT2D eigenvalue weighted by molar-refractivity contribution is 0.0656. The molecule has 100 valence electrons. The number of anilines is 1. The highest BCUT2D eigenvalue weighted by Gasteiger charge is 2.21. The van der Waals surface area contributed by atoms with Gasteiger partial charge in [0.1, 0.15) is 0 Å². The van der Waals surface area contributed by atoms with Crippen molar-refractivity contribution in [2.75, 3.05) is 4.72 Å². The first-order chi connectivity index (χ1) is 8.90. The average Bonchev–Trinajstić information content (AvgIpc) is 2.82. The molecule has 2 heterocycles. The summed E-state index contributed by atoms with van der Waals surface area (Å²) in [7, 11) is -3.97. The Morgan fingerprint density at radius 1 is 1.37 bits per heavy atom. The Morgan fingerprint density at radius 3 is 2.68 bits per heavy atom. The van der Waals surface area contributed by atoms with E-state index in [-0.39, 0.29) is 0 Å². The molecule has 2 N–H and O–H groups in total. The number of pyridine rings is 1. The maximum atomic E-state index is 12.0. The van der Waals surface area contributed by atoms with E-state index in [4.69, 9.17) is 9.52 Å². The van der Waals surface area contributed by atoms with Gasteiger partial charge in [-0.25, -0.2) is 4.79 Å². The minimum atomic E-state index is -3.97. The van der Waals surface area contributed by atoms with Gasteiger partial charge in [0.15, 0.2) is 0 Å². The molecule has 7 nitrogen and oxygen atoms in total. The Labute approximate surface area is 108 Å². The summed E-state index contributed by atoms with van der Waals surface area (Å²) >= 11 is 0. The van der Waals surface area contributed by atoms with Crippen LogP contribution in [0.5, 0.6) is 0 Å². The summed E-state index contributed by atoms with van der Waals surface area (Å²) in [6.07, 6.45) is 2.89. The molecule has 8 heteroatoms. The fraction of sp³-hybridized carbons (Fsp3) is 0.0909. The first-order valence-corrected chi connectivity index (χ1v) is 6.65. The number of nitrogens with zero attached hydrogens (tertiary/aromatic N) is 1.